The van der Waals surface area contributed by atoms with Gasteiger partial charge in [-0.1, -0.05) is 19.4 Å². The summed E-state index contributed by atoms with van der Waals surface area (Å²) in [6, 6.07) is 1.79. The molecule has 0 bridgehead atoms. The summed E-state index contributed by atoms with van der Waals surface area (Å²) in [5, 5.41) is 4.26. The molecule has 1 aliphatic heterocycles. The Morgan fingerprint density at radius 3 is 2.83 bits per heavy atom. The van der Waals surface area contributed by atoms with Gasteiger partial charge in [-0.05, 0) is 25.3 Å². The Kier molecular flexibility index (Phi) is 3.47. The number of allylic oxidation sites excluding steroid dienone is 1. The van der Waals surface area contributed by atoms with Crippen LogP contribution in [-0.4, -0.2) is 24.0 Å². The fourth-order valence-corrected chi connectivity index (χ4v) is 2.52. The molecule has 18 heavy (non-hydrogen) atoms. The minimum absolute atomic E-state index is 0.0578. The van der Waals surface area contributed by atoms with Gasteiger partial charge in [-0.3, -0.25) is 9.40 Å². The van der Waals surface area contributed by atoms with Crippen LogP contribution in [-0.2, 0) is 16.6 Å². The van der Waals surface area contributed by atoms with E-state index in [9.17, 15) is 8.42 Å². The second-order valence-electron chi connectivity index (χ2n) is 4.81. The van der Waals surface area contributed by atoms with Gasteiger partial charge in [0.15, 0.2) is 5.82 Å². The number of sulfonamides is 1. The first-order chi connectivity index (χ1) is 8.41. The molecular weight excluding hydrogens is 250 g/mol. The molecule has 0 spiro atoms. The van der Waals surface area contributed by atoms with Crippen molar-refractivity contribution in [3.05, 3.63) is 17.3 Å². The molecular formula is C12H19N3O2S. The second kappa shape index (κ2) is 4.76. The van der Waals surface area contributed by atoms with Gasteiger partial charge in [0.2, 0.25) is 10.0 Å². The number of hydrogen-bond donors (Lipinski definition) is 1. The van der Waals surface area contributed by atoms with Crippen LogP contribution in [0.4, 0.5) is 5.82 Å². The molecule has 0 aliphatic carbocycles. The number of rotatable bonds is 4. The Hall–Kier alpha value is -1.30. The van der Waals surface area contributed by atoms with E-state index in [2.05, 4.69) is 29.7 Å². The predicted molar refractivity (Wildman–Crippen MR) is 72.7 cm³/mol. The van der Waals surface area contributed by atoms with Crippen LogP contribution in [0.5, 0.6) is 0 Å². The maximum atomic E-state index is 11.5. The highest BCUT2D eigenvalue weighted by molar-refractivity contribution is 7.92. The maximum absolute atomic E-state index is 11.5. The lowest BCUT2D eigenvalue weighted by Crippen LogP contribution is -2.15. The molecule has 0 atom stereocenters. The highest BCUT2D eigenvalue weighted by Crippen LogP contribution is 2.25. The smallest absolute Gasteiger partial charge is 0.233 e. The molecule has 1 aromatic heterocycles. The summed E-state index contributed by atoms with van der Waals surface area (Å²) in [6.45, 7) is 6.75. The highest BCUT2D eigenvalue weighted by atomic mass is 32.2. The molecule has 0 aromatic carbocycles. The summed E-state index contributed by atoms with van der Waals surface area (Å²) < 4.78 is 27.3. The molecule has 0 radical (unpaired) electrons. The van der Waals surface area contributed by atoms with Crippen LogP contribution in [0.2, 0.25) is 0 Å². The van der Waals surface area contributed by atoms with E-state index in [4.69, 9.17) is 0 Å². The molecule has 0 fully saturated rings. The molecule has 0 saturated carbocycles. The van der Waals surface area contributed by atoms with Crippen LogP contribution >= 0.6 is 0 Å². The topological polar surface area (TPSA) is 64.0 Å². The monoisotopic (exact) mass is 269 g/mol. The third-order valence-electron chi connectivity index (χ3n) is 3.14. The van der Waals surface area contributed by atoms with Crippen LogP contribution in [0.1, 0.15) is 32.9 Å². The quantitative estimate of drug-likeness (QED) is 0.910. The third kappa shape index (κ3) is 2.75. The normalized spacial score (nSPS) is 15.4. The number of aryl methyl sites for hydroxylation is 1. The number of nitrogens with zero attached hydrogens (tertiary/aromatic N) is 2. The molecule has 5 nitrogen and oxygen atoms in total. The summed E-state index contributed by atoms with van der Waals surface area (Å²) in [4.78, 5) is 0. The number of aromatic nitrogens is 2. The van der Waals surface area contributed by atoms with Gasteiger partial charge in [-0.15, -0.1) is 0 Å². The number of hydrogen-bond acceptors (Lipinski definition) is 3. The van der Waals surface area contributed by atoms with Crippen molar-refractivity contribution in [2.45, 2.75) is 33.7 Å². The van der Waals surface area contributed by atoms with Crippen molar-refractivity contribution in [1.29, 1.82) is 0 Å². The first-order valence-electron chi connectivity index (χ1n) is 6.20. The van der Waals surface area contributed by atoms with Crippen molar-refractivity contribution in [2.24, 2.45) is 5.92 Å². The fourth-order valence-electron chi connectivity index (χ4n) is 1.96. The van der Waals surface area contributed by atoms with Crippen LogP contribution in [0.25, 0.3) is 6.08 Å². The molecule has 2 heterocycles. The molecule has 2 rings (SSSR count). The van der Waals surface area contributed by atoms with E-state index in [-0.39, 0.29) is 5.75 Å². The molecule has 1 N–H and O–H groups in total. The van der Waals surface area contributed by atoms with Crippen molar-refractivity contribution < 1.29 is 8.42 Å². The summed E-state index contributed by atoms with van der Waals surface area (Å²) in [6.07, 6.45) is 3.08. The van der Waals surface area contributed by atoms with E-state index < -0.39 is 10.0 Å². The van der Waals surface area contributed by atoms with Crippen molar-refractivity contribution >= 4 is 21.9 Å². The van der Waals surface area contributed by atoms with Gasteiger partial charge in [-0.25, -0.2) is 8.42 Å². The number of nitrogens with one attached hydrogen (secondary N) is 1. The van der Waals surface area contributed by atoms with Gasteiger partial charge in [0.05, 0.1) is 11.4 Å². The van der Waals surface area contributed by atoms with Gasteiger partial charge in [0, 0.05) is 12.6 Å². The Morgan fingerprint density at radius 2 is 2.22 bits per heavy atom. The van der Waals surface area contributed by atoms with Crippen LogP contribution in [0.15, 0.2) is 11.6 Å². The molecule has 100 valence electrons. The van der Waals surface area contributed by atoms with Crippen molar-refractivity contribution in [1.82, 2.24) is 9.78 Å². The standard InChI is InChI=1S/C12H19N3O2S/c1-4-18(16,17)14-12-8-11-7-10(9(2)3)5-6-15(11)13-12/h7-9H,4-6H2,1-3H3,(H,13,14). The van der Waals surface area contributed by atoms with Crippen molar-refractivity contribution in [3.63, 3.8) is 0 Å². The average molecular weight is 269 g/mol. The molecule has 0 amide bonds. The van der Waals surface area contributed by atoms with E-state index in [0.717, 1.165) is 18.7 Å². The lowest BCUT2D eigenvalue weighted by molar-refractivity contribution is 0.565. The molecule has 0 saturated heterocycles. The zero-order valence-electron chi connectivity index (χ0n) is 11.0. The maximum Gasteiger partial charge on any atom is 0.233 e. The SMILES string of the molecule is CCS(=O)(=O)Nc1cc2n(n1)CCC(C(C)C)=C2. The van der Waals surface area contributed by atoms with Gasteiger partial charge in [0.25, 0.3) is 0 Å². The molecule has 6 heteroatoms. The molecule has 0 unspecified atom stereocenters. The van der Waals surface area contributed by atoms with E-state index in [1.165, 1.54) is 5.57 Å². The lowest BCUT2D eigenvalue weighted by atomic mass is 9.97. The molecule has 1 aromatic rings. The first kappa shape index (κ1) is 13.1. The molecule has 1 aliphatic rings. The van der Waals surface area contributed by atoms with Crippen molar-refractivity contribution in [3.8, 4) is 0 Å². The summed E-state index contributed by atoms with van der Waals surface area (Å²) in [5.74, 6) is 0.986. The minimum atomic E-state index is -3.25. The zero-order valence-corrected chi connectivity index (χ0v) is 11.8. The van der Waals surface area contributed by atoms with Crippen LogP contribution in [0.3, 0.4) is 0 Å². The van der Waals surface area contributed by atoms with E-state index in [1.54, 1.807) is 13.0 Å². The third-order valence-corrected chi connectivity index (χ3v) is 4.42. The first-order valence-corrected chi connectivity index (χ1v) is 7.85. The van der Waals surface area contributed by atoms with Gasteiger partial charge < -0.3 is 0 Å². The van der Waals surface area contributed by atoms with Crippen molar-refractivity contribution in [2.75, 3.05) is 10.5 Å². The van der Waals surface area contributed by atoms with E-state index in [0.29, 0.717) is 11.7 Å². The number of fused-ring (bicyclic) bond motifs is 1. The summed E-state index contributed by atoms with van der Waals surface area (Å²) in [7, 11) is -3.25. The van der Waals surface area contributed by atoms with Crippen LogP contribution < -0.4 is 4.72 Å². The Balaban J connectivity index is 2.26. The second-order valence-corrected chi connectivity index (χ2v) is 6.82. The average Bonchev–Trinajstić information content (AvgIpc) is 2.68. The van der Waals surface area contributed by atoms with Gasteiger partial charge in [-0.2, -0.15) is 5.10 Å². The van der Waals surface area contributed by atoms with Gasteiger partial charge >= 0.3 is 0 Å². The highest BCUT2D eigenvalue weighted by Gasteiger charge is 2.16. The Bertz CT molecular complexity index is 570. The van der Waals surface area contributed by atoms with E-state index >= 15 is 0 Å². The van der Waals surface area contributed by atoms with E-state index in [1.807, 2.05) is 4.68 Å². The van der Waals surface area contributed by atoms with Gasteiger partial charge in [0.1, 0.15) is 0 Å². The minimum Gasteiger partial charge on any atom is -0.266 e. The zero-order chi connectivity index (χ0) is 13.3. The Morgan fingerprint density at radius 1 is 1.50 bits per heavy atom. The number of anilines is 1. The van der Waals surface area contributed by atoms with Crippen LogP contribution in [0, 0.1) is 5.92 Å². The summed E-state index contributed by atoms with van der Waals surface area (Å²) in [5.41, 5.74) is 2.35. The largest absolute Gasteiger partial charge is 0.266 e. The Labute approximate surface area is 108 Å². The lowest BCUT2D eigenvalue weighted by Gasteiger charge is -2.17. The predicted octanol–water partition coefficient (Wildman–Crippen LogP) is 2.09. The fraction of sp³-hybridized carbons (Fsp3) is 0.583. The summed E-state index contributed by atoms with van der Waals surface area (Å²) >= 11 is 0.